The zero-order valence-electron chi connectivity index (χ0n) is 17.1. The maximum Gasteiger partial charge on any atom is 0.243 e. The molecule has 0 aromatic heterocycles. The van der Waals surface area contributed by atoms with Crippen LogP contribution in [0.2, 0.25) is 0 Å². The number of unbranched alkanes of at least 4 members (excludes halogenated alkanes) is 1. The molecule has 0 bridgehead atoms. The molecule has 0 radical (unpaired) electrons. The summed E-state index contributed by atoms with van der Waals surface area (Å²) in [6, 6.07) is 13.7. The molecule has 1 atom stereocenters. The molecule has 6 heteroatoms. The molecular weight excluding hydrogens is 384 g/mol. The molecular formula is C23H30N2O3S. The monoisotopic (exact) mass is 414 g/mol. The number of methoxy groups -OCH3 is 1. The van der Waals surface area contributed by atoms with E-state index in [1.807, 2.05) is 12.1 Å². The van der Waals surface area contributed by atoms with Crippen molar-refractivity contribution in [2.45, 2.75) is 43.5 Å². The molecule has 1 unspecified atom stereocenters. The van der Waals surface area contributed by atoms with Crippen molar-refractivity contribution in [2.75, 3.05) is 26.7 Å². The summed E-state index contributed by atoms with van der Waals surface area (Å²) in [7, 11) is -1.54. The van der Waals surface area contributed by atoms with Gasteiger partial charge in [0.05, 0.1) is 12.0 Å². The molecule has 1 N–H and O–H groups in total. The third-order valence-electron chi connectivity index (χ3n) is 6.15. The molecule has 4 rings (SSSR count). The number of hydrogen-bond acceptors (Lipinski definition) is 4. The second-order valence-electron chi connectivity index (χ2n) is 8.06. The van der Waals surface area contributed by atoms with Crippen molar-refractivity contribution < 1.29 is 13.2 Å². The van der Waals surface area contributed by atoms with Gasteiger partial charge < -0.3 is 10.1 Å². The summed E-state index contributed by atoms with van der Waals surface area (Å²) in [5, 5.41) is 3.58. The fourth-order valence-corrected chi connectivity index (χ4v) is 6.21. The van der Waals surface area contributed by atoms with Gasteiger partial charge in [0.1, 0.15) is 5.75 Å². The summed E-state index contributed by atoms with van der Waals surface area (Å²) in [6.07, 6.45) is 5.25. The third-order valence-corrected chi connectivity index (χ3v) is 8.09. The molecule has 1 aliphatic carbocycles. The highest BCUT2D eigenvalue weighted by atomic mass is 32.2. The van der Waals surface area contributed by atoms with Crippen molar-refractivity contribution in [3.63, 3.8) is 0 Å². The van der Waals surface area contributed by atoms with Gasteiger partial charge in [-0.25, -0.2) is 8.42 Å². The van der Waals surface area contributed by atoms with Gasteiger partial charge in [-0.05, 0) is 79.9 Å². The quantitative estimate of drug-likeness (QED) is 0.673. The fourth-order valence-electron chi connectivity index (χ4n) is 4.54. The van der Waals surface area contributed by atoms with Crippen LogP contribution in [-0.2, 0) is 29.4 Å². The van der Waals surface area contributed by atoms with Crippen LogP contribution < -0.4 is 10.1 Å². The summed E-state index contributed by atoms with van der Waals surface area (Å²) in [4.78, 5) is 0.478. The van der Waals surface area contributed by atoms with E-state index < -0.39 is 10.0 Å². The van der Waals surface area contributed by atoms with Gasteiger partial charge in [-0.1, -0.05) is 30.3 Å². The Bertz CT molecular complexity index is 944. The lowest BCUT2D eigenvalue weighted by Crippen LogP contribution is -2.29. The minimum Gasteiger partial charge on any atom is -0.496 e. The summed E-state index contributed by atoms with van der Waals surface area (Å²) in [6.45, 7) is 3.03. The third kappa shape index (κ3) is 4.34. The molecule has 1 aliphatic heterocycles. The number of fused-ring (bicyclic) bond motifs is 2. The topological polar surface area (TPSA) is 58.6 Å². The number of nitrogens with zero attached hydrogens (tertiary/aromatic N) is 1. The number of hydrogen-bond donors (Lipinski definition) is 1. The highest BCUT2D eigenvalue weighted by molar-refractivity contribution is 7.89. The van der Waals surface area contributed by atoms with Gasteiger partial charge in [0, 0.05) is 13.1 Å². The maximum absolute atomic E-state index is 12.6. The standard InChI is InChI=1S/C23H30N2O3S/c1-28-22-9-6-8-19-12-11-18(15-21(19)22)16-24-13-4-5-14-25-17-20-7-2-3-10-23(20)29(25,26)27/h2-3,6-10,18,24H,4-5,11-17H2,1H3. The van der Waals surface area contributed by atoms with Gasteiger partial charge in [0.2, 0.25) is 10.0 Å². The molecule has 29 heavy (non-hydrogen) atoms. The normalized spacial score (nSPS) is 20.2. The van der Waals surface area contributed by atoms with E-state index in [9.17, 15) is 8.42 Å². The molecule has 2 aromatic rings. The Morgan fingerprint density at radius 2 is 1.93 bits per heavy atom. The second kappa shape index (κ2) is 8.86. The summed E-state index contributed by atoms with van der Waals surface area (Å²) < 4.78 is 32.3. The van der Waals surface area contributed by atoms with Crippen molar-refractivity contribution >= 4 is 10.0 Å². The van der Waals surface area contributed by atoms with Gasteiger partial charge in [-0.3, -0.25) is 0 Å². The van der Waals surface area contributed by atoms with Crippen LogP contribution in [0, 0.1) is 5.92 Å². The predicted molar refractivity (Wildman–Crippen MR) is 115 cm³/mol. The van der Waals surface area contributed by atoms with Gasteiger partial charge in [0.15, 0.2) is 0 Å². The first-order valence-electron chi connectivity index (χ1n) is 10.5. The van der Waals surface area contributed by atoms with Crippen LogP contribution in [0.3, 0.4) is 0 Å². The lowest BCUT2D eigenvalue weighted by Gasteiger charge is -2.26. The molecule has 0 fully saturated rings. The van der Waals surface area contributed by atoms with Crippen LogP contribution in [0.4, 0.5) is 0 Å². The second-order valence-corrected chi connectivity index (χ2v) is 9.97. The van der Waals surface area contributed by atoms with E-state index in [0.717, 1.165) is 50.1 Å². The first kappa shape index (κ1) is 20.4. The van der Waals surface area contributed by atoms with E-state index in [1.165, 1.54) is 17.5 Å². The summed E-state index contributed by atoms with van der Waals surface area (Å²) in [5.74, 6) is 1.65. The molecule has 0 amide bonds. The van der Waals surface area contributed by atoms with Gasteiger partial charge in [-0.2, -0.15) is 4.31 Å². The number of aryl methyl sites for hydroxylation is 1. The fraction of sp³-hybridized carbons (Fsp3) is 0.478. The van der Waals surface area contributed by atoms with E-state index in [1.54, 1.807) is 23.5 Å². The van der Waals surface area contributed by atoms with Crippen LogP contribution in [-0.4, -0.2) is 39.5 Å². The Hall–Kier alpha value is -1.89. The van der Waals surface area contributed by atoms with E-state index in [-0.39, 0.29) is 0 Å². The summed E-state index contributed by atoms with van der Waals surface area (Å²) in [5.41, 5.74) is 3.71. The predicted octanol–water partition coefficient (Wildman–Crippen LogP) is 3.37. The Balaban J connectivity index is 1.18. The number of benzene rings is 2. The van der Waals surface area contributed by atoms with E-state index in [2.05, 4.69) is 23.5 Å². The van der Waals surface area contributed by atoms with Crippen LogP contribution in [0.25, 0.3) is 0 Å². The van der Waals surface area contributed by atoms with Crippen LogP contribution in [0.15, 0.2) is 47.4 Å². The van der Waals surface area contributed by atoms with Crippen LogP contribution in [0.1, 0.15) is 36.0 Å². The van der Waals surface area contributed by atoms with Crippen molar-refractivity contribution in [1.29, 1.82) is 0 Å². The lowest BCUT2D eigenvalue weighted by atomic mass is 9.83. The van der Waals surface area contributed by atoms with Crippen LogP contribution >= 0.6 is 0 Å². The van der Waals surface area contributed by atoms with Gasteiger partial charge >= 0.3 is 0 Å². The van der Waals surface area contributed by atoms with E-state index in [4.69, 9.17) is 4.74 Å². The number of ether oxygens (including phenoxy) is 1. The van der Waals surface area contributed by atoms with Gasteiger partial charge in [-0.15, -0.1) is 0 Å². The molecule has 0 spiro atoms. The Labute approximate surface area is 174 Å². The van der Waals surface area contributed by atoms with Crippen molar-refractivity contribution in [3.8, 4) is 5.75 Å². The average Bonchev–Trinajstić information content (AvgIpc) is 3.00. The minimum absolute atomic E-state index is 0.478. The van der Waals surface area contributed by atoms with Crippen molar-refractivity contribution in [3.05, 3.63) is 59.2 Å². The zero-order valence-corrected chi connectivity index (χ0v) is 17.9. The largest absolute Gasteiger partial charge is 0.496 e. The molecule has 5 nitrogen and oxygen atoms in total. The van der Waals surface area contributed by atoms with Crippen LogP contribution in [0.5, 0.6) is 5.75 Å². The minimum atomic E-state index is -3.29. The lowest BCUT2D eigenvalue weighted by molar-refractivity contribution is 0.379. The van der Waals surface area contributed by atoms with E-state index in [0.29, 0.717) is 23.9 Å². The average molecular weight is 415 g/mol. The van der Waals surface area contributed by atoms with Crippen molar-refractivity contribution in [2.24, 2.45) is 5.92 Å². The first-order valence-corrected chi connectivity index (χ1v) is 12.0. The Morgan fingerprint density at radius 3 is 2.76 bits per heavy atom. The smallest absolute Gasteiger partial charge is 0.243 e. The highest BCUT2D eigenvalue weighted by Crippen LogP contribution is 2.32. The molecule has 0 saturated heterocycles. The molecule has 0 saturated carbocycles. The maximum atomic E-state index is 12.6. The molecule has 2 aromatic carbocycles. The van der Waals surface area contributed by atoms with Crippen molar-refractivity contribution in [1.82, 2.24) is 9.62 Å². The first-order chi connectivity index (χ1) is 14.1. The van der Waals surface area contributed by atoms with E-state index >= 15 is 0 Å². The Morgan fingerprint density at radius 1 is 1.10 bits per heavy atom. The Kier molecular flexibility index (Phi) is 6.23. The highest BCUT2D eigenvalue weighted by Gasteiger charge is 2.33. The number of nitrogens with one attached hydrogen (secondary N) is 1. The SMILES string of the molecule is COc1cccc2c1CC(CNCCCCN1Cc3ccccc3S1(=O)=O)CC2. The molecule has 1 heterocycles. The molecule has 2 aliphatic rings. The number of rotatable bonds is 8. The van der Waals surface area contributed by atoms with Gasteiger partial charge in [0.25, 0.3) is 0 Å². The zero-order chi connectivity index (χ0) is 20.3. The summed E-state index contributed by atoms with van der Waals surface area (Å²) >= 11 is 0. The molecule has 156 valence electrons. The number of sulfonamides is 1.